The van der Waals surface area contributed by atoms with Gasteiger partial charge in [-0.15, -0.1) is 0 Å². The van der Waals surface area contributed by atoms with Crippen LogP contribution in [0.3, 0.4) is 0 Å². The summed E-state index contributed by atoms with van der Waals surface area (Å²) in [6, 6.07) is 3.37. The van der Waals surface area contributed by atoms with Gasteiger partial charge in [0.2, 0.25) is 0 Å². The quantitative estimate of drug-likeness (QED) is 0.730. The van der Waals surface area contributed by atoms with Gasteiger partial charge in [0.25, 0.3) is 0 Å². The molecule has 1 amide bonds. The molecular weight excluding hydrogens is 291 g/mol. The van der Waals surface area contributed by atoms with Crippen molar-refractivity contribution in [3.63, 3.8) is 0 Å². The smallest absolute Gasteiger partial charge is 0.416 e. The van der Waals surface area contributed by atoms with Gasteiger partial charge in [0.1, 0.15) is 0 Å². The van der Waals surface area contributed by atoms with Crippen LogP contribution in [0, 0.1) is 0 Å². The van der Waals surface area contributed by atoms with E-state index in [1.165, 1.54) is 26.2 Å². The summed E-state index contributed by atoms with van der Waals surface area (Å²) in [7, 11) is 1.22. The number of hydrogen-bond acceptors (Lipinski definition) is 3. The number of alkyl halides is 3. The Balaban J connectivity index is 3.06. The molecule has 21 heavy (non-hydrogen) atoms. The highest BCUT2D eigenvalue weighted by Crippen LogP contribution is 2.31. The Bertz CT molecular complexity index is 475. The molecule has 0 heterocycles. The standard InChI is InChI=1S/C13H16F3NO4/c1-7(17-12(19)20)10(11(18)21-2)8-3-5-9(6-4-8)13(14,15)16/h3-7,10-11,17-18H,1-2H3,(H,19,20)/t7-,10-,11?/m1/s1. The summed E-state index contributed by atoms with van der Waals surface area (Å²) < 4.78 is 42.3. The monoisotopic (exact) mass is 307 g/mol. The van der Waals surface area contributed by atoms with Crippen molar-refractivity contribution in [1.29, 1.82) is 0 Å². The van der Waals surface area contributed by atoms with Gasteiger partial charge < -0.3 is 20.3 Å². The van der Waals surface area contributed by atoms with Crippen LogP contribution < -0.4 is 5.32 Å². The molecule has 0 saturated carbocycles. The number of rotatable bonds is 5. The summed E-state index contributed by atoms with van der Waals surface area (Å²) in [5, 5.41) is 20.7. The number of hydrogen-bond donors (Lipinski definition) is 3. The third-order valence-corrected chi connectivity index (χ3v) is 3.06. The molecule has 0 aliphatic heterocycles. The summed E-state index contributed by atoms with van der Waals surface area (Å²) in [5.41, 5.74) is -0.491. The number of carboxylic acid groups (broad SMARTS) is 1. The van der Waals surface area contributed by atoms with Crippen LogP contribution in [0.2, 0.25) is 0 Å². The minimum atomic E-state index is -4.46. The van der Waals surface area contributed by atoms with Crippen LogP contribution in [0.1, 0.15) is 24.0 Å². The largest absolute Gasteiger partial charge is 0.465 e. The van der Waals surface area contributed by atoms with Crippen LogP contribution in [0.5, 0.6) is 0 Å². The molecule has 118 valence electrons. The molecule has 0 fully saturated rings. The molecule has 1 unspecified atom stereocenters. The zero-order valence-corrected chi connectivity index (χ0v) is 11.4. The van der Waals surface area contributed by atoms with Crippen molar-refractivity contribution in [3.8, 4) is 0 Å². The number of carbonyl (C=O) groups is 1. The van der Waals surface area contributed by atoms with Gasteiger partial charge in [0, 0.05) is 13.2 Å². The fraction of sp³-hybridized carbons (Fsp3) is 0.462. The summed E-state index contributed by atoms with van der Waals surface area (Å²) in [6.45, 7) is 1.48. The minimum absolute atomic E-state index is 0.332. The normalized spacial score (nSPS) is 16.1. The van der Waals surface area contributed by atoms with E-state index in [9.17, 15) is 23.1 Å². The van der Waals surface area contributed by atoms with Crippen molar-refractivity contribution in [2.24, 2.45) is 0 Å². The van der Waals surface area contributed by atoms with Gasteiger partial charge in [0.15, 0.2) is 6.29 Å². The Labute approximate surface area is 119 Å². The maximum absolute atomic E-state index is 12.5. The fourth-order valence-corrected chi connectivity index (χ4v) is 2.03. The van der Waals surface area contributed by atoms with E-state index >= 15 is 0 Å². The van der Waals surface area contributed by atoms with Gasteiger partial charge in [-0.25, -0.2) is 4.79 Å². The van der Waals surface area contributed by atoms with E-state index in [0.29, 0.717) is 5.56 Å². The number of halogens is 3. The van der Waals surface area contributed by atoms with Crippen molar-refractivity contribution >= 4 is 6.09 Å². The number of aliphatic hydroxyl groups is 1. The number of benzene rings is 1. The number of aliphatic hydroxyl groups excluding tert-OH is 1. The molecule has 3 N–H and O–H groups in total. The van der Waals surface area contributed by atoms with Gasteiger partial charge in [-0.2, -0.15) is 13.2 Å². The number of ether oxygens (including phenoxy) is 1. The summed E-state index contributed by atoms with van der Waals surface area (Å²) >= 11 is 0. The molecule has 1 aromatic carbocycles. The zero-order valence-electron chi connectivity index (χ0n) is 11.4. The molecule has 1 aromatic rings. The topological polar surface area (TPSA) is 78.8 Å². The lowest BCUT2D eigenvalue weighted by Crippen LogP contribution is -2.41. The summed E-state index contributed by atoms with van der Waals surface area (Å²) in [5.74, 6) is -0.839. The molecule has 0 aromatic heterocycles. The third-order valence-electron chi connectivity index (χ3n) is 3.06. The first-order valence-electron chi connectivity index (χ1n) is 6.04. The highest BCUT2D eigenvalue weighted by atomic mass is 19.4. The second-order valence-corrected chi connectivity index (χ2v) is 4.51. The van der Waals surface area contributed by atoms with Crippen molar-refractivity contribution < 1.29 is 32.9 Å². The summed E-state index contributed by atoms with van der Waals surface area (Å²) in [6.07, 6.45) is -7.12. The highest BCUT2D eigenvalue weighted by molar-refractivity contribution is 5.65. The highest BCUT2D eigenvalue weighted by Gasteiger charge is 2.32. The van der Waals surface area contributed by atoms with Crippen LogP contribution in [-0.4, -0.2) is 35.7 Å². The maximum Gasteiger partial charge on any atom is 0.416 e. The lowest BCUT2D eigenvalue weighted by atomic mass is 9.91. The van der Waals surface area contributed by atoms with Crippen molar-refractivity contribution in [2.75, 3.05) is 7.11 Å². The second kappa shape index (κ2) is 6.77. The Kier molecular flexibility index (Phi) is 5.56. The first kappa shape index (κ1) is 17.3. The van der Waals surface area contributed by atoms with Crippen LogP contribution in [0.4, 0.5) is 18.0 Å². The molecule has 1 rings (SSSR count). The van der Waals surface area contributed by atoms with E-state index in [1.807, 2.05) is 0 Å². The van der Waals surface area contributed by atoms with Gasteiger partial charge in [0.05, 0.1) is 11.5 Å². The third kappa shape index (κ3) is 4.61. The van der Waals surface area contributed by atoms with Gasteiger partial charge >= 0.3 is 12.3 Å². The van der Waals surface area contributed by atoms with E-state index in [0.717, 1.165) is 12.1 Å². The molecule has 0 aliphatic rings. The first-order chi connectivity index (χ1) is 9.66. The van der Waals surface area contributed by atoms with E-state index in [1.54, 1.807) is 0 Å². The summed E-state index contributed by atoms with van der Waals surface area (Å²) in [4.78, 5) is 10.7. The van der Waals surface area contributed by atoms with Gasteiger partial charge in [-0.1, -0.05) is 12.1 Å². The molecular formula is C13H16F3NO4. The van der Waals surface area contributed by atoms with Crippen molar-refractivity contribution in [2.45, 2.75) is 31.3 Å². The molecule has 0 radical (unpaired) electrons. The lowest BCUT2D eigenvalue weighted by Gasteiger charge is -2.28. The fourth-order valence-electron chi connectivity index (χ4n) is 2.03. The van der Waals surface area contributed by atoms with Crippen LogP contribution in [0.25, 0.3) is 0 Å². The predicted octanol–water partition coefficient (Wildman–Crippen LogP) is 2.41. The molecule has 0 saturated heterocycles. The van der Waals surface area contributed by atoms with E-state index in [2.05, 4.69) is 5.32 Å². The average Bonchev–Trinajstić information content (AvgIpc) is 2.37. The van der Waals surface area contributed by atoms with Crippen LogP contribution in [-0.2, 0) is 10.9 Å². The van der Waals surface area contributed by atoms with Crippen molar-refractivity contribution in [3.05, 3.63) is 35.4 Å². The van der Waals surface area contributed by atoms with E-state index in [4.69, 9.17) is 9.84 Å². The number of methoxy groups -OCH3 is 1. The Morgan fingerprint density at radius 1 is 1.29 bits per heavy atom. The molecule has 0 bridgehead atoms. The number of nitrogens with one attached hydrogen (secondary N) is 1. The van der Waals surface area contributed by atoms with Gasteiger partial charge in [-0.05, 0) is 24.6 Å². The first-order valence-corrected chi connectivity index (χ1v) is 6.04. The Hall–Kier alpha value is -1.80. The van der Waals surface area contributed by atoms with Crippen molar-refractivity contribution in [1.82, 2.24) is 5.32 Å². The molecule has 0 spiro atoms. The predicted molar refractivity (Wildman–Crippen MR) is 67.8 cm³/mol. The van der Waals surface area contributed by atoms with Gasteiger partial charge in [-0.3, -0.25) is 0 Å². The molecule has 3 atom stereocenters. The maximum atomic E-state index is 12.5. The molecule has 0 aliphatic carbocycles. The second-order valence-electron chi connectivity index (χ2n) is 4.51. The SMILES string of the molecule is COC(O)[C@@H](c1ccc(C(F)(F)F)cc1)[C@@H](C)NC(=O)O. The van der Waals surface area contributed by atoms with Crippen LogP contribution in [0.15, 0.2) is 24.3 Å². The molecule has 5 nitrogen and oxygen atoms in total. The number of amides is 1. The Morgan fingerprint density at radius 2 is 1.81 bits per heavy atom. The van der Waals surface area contributed by atoms with E-state index in [-0.39, 0.29) is 0 Å². The minimum Gasteiger partial charge on any atom is -0.465 e. The van der Waals surface area contributed by atoms with Crippen LogP contribution >= 0.6 is 0 Å². The van der Waals surface area contributed by atoms with E-state index < -0.39 is 36.1 Å². The Morgan fingerprint density at radius 3 is 2.19 bits per heavy atom. The zero-order chi connectivity index (χ0) is 16.2. The average molecular weight is 307 g/mol. The molecule has 8 heteroatoms. The lowest BCUT2D eigenvalue weighted by molar-refractivity contribution is -0.137.